The smallest absolute Gasteiger partial charge is 0.270 e. The van der Waals surface area contributed by atoms with Gasteiger partial charge in [-0.1, -0.05) is 30.9 Å². The summed E-state index contributed by atoms with van der Waals surface area (Å²) in [5.74, 6) is 0.519. The van der Waals surface area contributed by atoms with Gasteiger partial charge in [0.25, 0.3) is 5.91 Å². The highest BCUT2D eigenvalue weighted by Gasteiger charge is 2.17. The molecule has 1 amide bonds. The average molecular weight is 374 g/mol. The van der Waals surface area contributed by atoms with E-state index in [0.29, 0.717) is 16.5 Å². The predicted octanol–water partition coefficient (Wildman–Crippen LogP) is 4.86. The molecule has 1 fully saturated rings. The predicted molar refractivity (Wildman–Crippen MR) is 105 cm³/mol. The van der Waals surface area contributed by atoms with Crippen LogP contribution >= 0.6 is 11.6 Å². The Morgan fingerprint density at radius 2 is 2.00 bits per heavy atom. The first-order valence-corrected chi connectivity index (χ1v) is 9.32. The molecule has 0 atom stereocenters. The zero-order chi connectivity index (χ0) is 18.5. The number of rotatable bonds is 5. The van der Waals surface area contributed by atoms with Gasteiger partial charge in [0.15, 0.2) is 0 Å². The number of halogens is 1. The molecule has 1 aromatic heterocycles. The zero-order valence-corrected chi connectivity index (χ0v) is 15.9. The largest absolute Gasteiger partial charge is 0.495 e. The molecule has 1 aliphatic carbocycles. The van der Waals surface area contributed by atoms with Crippen LogP contribution in [0.15, 0.2) is 30.5 Å². The normalized spacial score (nSPS) is 14.7. The van der Waals surface area contributed by atoms with Gasteiger partial charge in [-0.05, 0) is 43.5 Å². The Balaban J connectivity index is 1.75. The van der Waals surface area contributed by atoms with Crippen LogP contribution in [0.3, 0.4) is 0 Å². The van der Waals surface area contributed by atoms with Gasteiger partial charge >= 0.3 is 0 Å². The third-order valence-electron chi connectivity index (χ3n) is 4.69. The molecular formula is C20H24ClN3O2. The van der Waals surface area contributed by atoms with E-state index >= 15 is 0 Å². The Kier molecular flexibility index (Phi) is 5.99. The van der Waals surface area contributed by atoms with Crippen molar-refractivity contribution in [3.05, 3.63) is 46.7 Å². The standard InChI is InChI=1S/C20H24ClN3O2/c1-13-10-17(19(26-2)12-16(13)21)23-15-8-9-22-18(11-15)20(25)24-14-6-4-3-5-7-14/h8-12,14H,3-7H2,1-2H3,(H,22,23)(H,24,25). The van der Waals surface area contributed by atoms with Crippen molar-refractivity contribution in [2.24, 2.45) is 0 Å². The average Bonchev–Trinajstić information content (AvgIpc) is 2.65. The minimum atomic E-state index is -0.125. The number of carbonyl (C=O) groups is 1. The molecule has 6 heteroatoms. The van der Waals surface area contributed by atoms with E-state index in [2.05, 4.69) is 15.6 Å². The van der Waals surface area contributed by atoms with Crippen molar-refractivity contribution in [2.45, 2.75) is 45.1 Å². The summed E-state index contributed by atoms with van der Waals surface area (Å²) in [4.78, 5) is 16.7. The summed E-state index contributed by atoms with van der Waals surface area (Å²) in [5.41, 5.74) is 2.91. The molecule has 1 aromatic carbocycles. The van der Waals surface area contributed by atoms with Gasteiger partial charge in [0.1, 0.15) is 11.4 Å². The summed E-state index contributed by atoms with van der Waals surface area (Å²) < 4.78 is 5.39. The Bertz CT molecular complexity index is 789. The van der Waals surface area contributed by atoms with Gasteiger partial charge in [0.2, 0.25) is 0 Å². The van der Waals surface area contributed by atoms with Gasteiger partial charge in [0, 0.05) is 29.0 Å². The molecule has 0 unspecified atom stereocenters. The molecule has 0 spiro atoms. The lowest BCUT2D eigenvalue weighted by molar-refractivity contribution is 0.0922. The van der Waals surface area contributed by atoms with Crippen molar-refractivity contribution in [2.75, 3.05) is 12.4 Å². The Hall–Kier alpha value is -2.27. The fourth-order valence-electron chi connectivity index (χ4n) is 3.22. The third-order valence-corrected chi connectivity index (χ3v) is 5.10. The second-order valence-corrected chi connectivity index (χ2v) is 7.07. The number of aromatic nitrogens is 1. The summed E-state index contributed by atoms with van der Waals surface area (Å²) in [6.45, 7) is 1.93. The van der Waals surface area contributed by atoms with Gasteiger partial charge in [-0.2, -0.15) is 0 Å². The molecule has 138 valence electrons. The molecular weight excluding hydrogens is 350 g/mol. The lowest BCUT2D eigenvalue weighted by Crippen LogP contribution is -2.36. The van der Waals surface area contributed by atoms with Crippen LogP contribution in [0, 0.1) is 6.92 Å². The van der Waals surface area contributed by atoms with Crippen molar-refractivity contribution < 1.29 is 9.53 Å². The third kappa shape index (κ3) is 4.47. The van der Waals surface area contributed by atoms with Crippen molar-refractivity contribution in [3.63, 3.8) is 0 Å². The Morgan fingerprint density at radius 1 is 1.23 bits per heavy atom. The SMILES string of the molecule is COc1cc(Cl)c(C)cc1Nc1ccnc(C(=O)NC2CCCCC2)c1. The monoisotopic (exact) mass is 373 g/mol. The number of hydrogen-bond acceptors (Lipinski definition) is 4. The van der Waals surface area contributed by atoms with E-state index in [9.17, 15) is 4.79 Å². The van der Waals surface area contributed by atoms with Crippen LogP contribution in [0.5, 0.6) is 5.75 Å². The number of anilines is 2. The molecule has 1 heterocycles. The van der Waals surface area contributed by atoms with Crippen LogP contribution in [0.25, 0.3) is 0 Å². The summed E-state index contributed by atoms with van der Waals surface area (Å²) in [6.07, 6.45) is 7.33. The summed E-state index contributed by atoms with van der Waals surface area (Å²) in [5, 5.41) is 7.03. The van der Waals surface area contributed by atoms with E-state index in [0.717, 1.165) is 29.8 Å². The second kappa shape index (κ2) is 8.41. The topological polar surface area (TPSA) is 63.2 Å². The fraction of sp³-hybridized carbons (Fsp3) is 0.400. The summed E-state index contributed by atoms with van der Waals surface area (Å²) >= 11 is 6.16. The van der Waals surface area contributed by atoms with E-state index in [1.54, 1.807) is 25.4 Å². The number of ether oxygens (including phenoxy) is 1. The van der Waals surface area contributed by atoms with Gasteiger partial charge in [-0.25, -0.2) is 0 Å². The Morgan fingerprint density at radius 3 is 2.73 bits per heavy atom. The van der Waals surface area contributed by atoms with Crippen LogP contribution in [0.4, 0.5) is 11.4 Å². The highest BCUT2D eigenvalue weighted by molar-refractivity contribution is 6.31. The number of aryl methyl sites for hydroxylation is 1. The van der Waals surface area contributed by atoms with Crippen LogP contribution in [0.2, 0.25) is 5.02 Å². The Labute approximate surface area is 159 Å². The molecule has 2 aromatic rings. The van der Waals surface area contributed by atoms with Crippen molar-refractivity contribution >= 4 is 28.9 Å². The lowest BCUT2D eigenvalue weighted by atomic mass is 9.95. The number of benzene rings is 1. The van der Waals surface area contributed by atoms with Crippen LogP contribution in [0.1, 0.15) is 48.2 Å². The number of nitrogens with zero attached hydrogens (tertiary/aromatic N) is 1. The molecule has 0 bridgehead atoms. The van der Waals surface area contributed by atoms with Gasteiger partial charge in [-0.15, -0.1) is 0 Å². The van der Waals surface area contributed by atoms with E-state index in [4.69, 9.17) is 16.3 Å². The molecule has 26 heavy (non-hydrogen) atoms. The first kappa shape index (κ1) is 18.5. The minimum Gasteiger partial charge on any atom is -0.495 e. The molecule has 0 radical (unpaired) electrons. The quantitative estimate of drug-likeness (QED) is 0.785. The number of methoxy groups -OCH3 is 1. The van der Waals surface area contributed by atoms with Gasteiger partial charge in [-0.3, -0.25) is 9.78 Å². The van der Waals surface area contributed by atoms with E-state index in [1.807, 2.05) is 19.1 Å². The van der Waals surface area contributed by atoms with E-state index in [-0.39, 0.29) is 11.9 Å². The molecule has 0 aliphatic heterocycles. The molecule has 3 rings (SSSR count). The van der Waals surface area contributed by atoms with Crippen molar-refractivity contribution in [1.29, 1.82) is 0 Å². The second-order valence-electron chi connectivity index (χ2n) is 6.66. The van der Waals surface area contributed by atoms with E-state index in [1.165, 1.54) is 19.3 Å². The molecule has 0 saturated heterocycles. The number of pyridine rings is 1. The maximum absolute atomic E-state index is 12.5. The number of amides is 1. The van der Waals surface area contributed by atoms with Crippen molar-refractivity contribution in [3.8, 4) is 5.75 Å². The summed E-state index contributed by atoms with van der Waals surface area (Å²) in [6, 6.07) is 7.52. The van der Waals surface area contributed by atoms with Gasteiger partial charge in [0.05, 0.1) is 12.8 Å². The number of hydrogen-bond donors (Lipinski definition) is 2. The van der Waals surface area contributed by atoms with Crippen LogP contribution in [-0.2, 0) is 0 Å². The van der Waals surface area contributed by atoms with Crippen LogP contribution < -0.4 is 15.4 Å². The zero-order valence-electron chi connectivity index (χ0n) is 15.1. The summed E-state index contributed by atoms with van der Waals surface area (Å²) in [7, 11) is 1.60. The number of carbonyl (C=O) groups excluding carboxylic acids is 1. The van der Waals surface area contributed by atoms with Crippen LogP contribution in [-0.4, -0.2) is 24.0 Å². The van der Waals surface area contributed by atoms with E-state index < -0.39 is 0 Å². The fourth-order valence-corrected chi connectivity index (χ4v) is 3.38. The maximum atomic E-state index is 12.5. The molecule has 1 saturated carbocycles. The molecule has 2 N–H and O–H groups in total. The first-order valence-electron chi connectivity index (χ1n) is 8.95. The van der Waals surface area contributed by atoms with Crippen molar-refractivity contribution in [1.82, 2.24) is 10.3 Å². The maximum Gasteiger partial charge on any atom is 0.270 e. The highest BCUT2D eigenvalue weighted by atomic mass is 35.5. The molecule has 1 aliphatic rings. The number of nitrogens with one attached hydrogen (secondary N) is 2. The minimum absolute atomic E-state index is 0.125. The highest BCUT2D eigenvalue weighted by Crippen LogP contribution is 2.33. The van der Waals surface area contributed by atoms with Gasteiger partial charge < -0.3 is 15.4 Å². The first-order chi connectivity index (χ1) is 12.6. The lowest BCUT2D eigenvalue weighted by Gasteiger charge is -2.22. The molecule has 5 nitrogen and oxygen atoms in total.